The Labute approximate surface area is 185 Å². The van der Waals surface area contributed by atoms with Crippen LogP contribution in [0.3, 0.4) is 0 Å². The number of carbonyl (C=O) groups is 2. The summed E-state index contributed by atoms with van der Waals surface area (Å²) in [6.07, 6.45) is 3.84. The van der Waals surface area contributed by atoms with Crippen LogP contribution >= 0.6 is 12.2 Å². The van der Waals surface area contributed by atoms with Crippen molar-refractivity contribution in [2.75, 3.05) is 0 Å². The van der Waals surface area contributed by atoms with Crippen LogP contribution < -0.4 is 9.47 Å². The second-order valence-corrected chi connectivity index (χ2v) is 6.64. The van der Waals surface area contributed by atoms with Crippen molar-refractivity contribution in [1.82, 2.24) is 0 Å². The fraction of sp³-hybridized carbons (Fsp3) is 0.0800. The predicted molar refractivity (Wildman–Crippen MR) is 123 cm³/mol. The quantitative estimate of drug-likeness (QED) is 0.156. The molecule has 0 aliphatic carbocycles. The SMILES string of the molecule is CCc1ccc(C(=O)Oc2ccc(/C=C/C(=O)Oc3ccc(N=C=S)cc3)cc2)cc1. The molecule has 6 heteroatoms. The molecule has 0 bridgehead atoms. The average molecular weight is 429 g/mol. The molecule has 0 aliphatic heterocycles. The van der Waals surface area contributed by atoms with E-state index in [1.54, 1.807) is 66.7 Å². The molecule has 154 valence electrons. The van der Waals surface area contributed by atoms with Gasteiger partial charge in [-0.05, 0) is 84.4 Å². The lowest BCUT2D eigenvalue weighted by Crippen LogP contribution is -2.08. The van der Waals surface area contributed by atoms with Crippen molar-refractivity contribution < 1.29 is 19.1 Å². The smallest absolute Gasteiger partial charge is 0.343 e. The van der Waals surface area contributed by atoms with Gasteiger partial charge in [0.05, 0.1) is 16.4 Å². The van der Waals surface area contributed by atoms with Crippen LogP contribution in [0, 0.1) is 0 Å². The second kappa shape index (κ2) is 10.8. The van der Waals surface area contributed by atoms with E-state index in [1.807, 2.05) is 12.1 Å². The Kier molecular flexibility index (Phi) is 7.60. The monoisotopic (exact) mass is 429 g/mol. The van der Waals surface area contributed by atoms with Crippen LogP contribution in [-0.4, -0.2) is 17.1 Å². The maximum absolute atomic E-state index is 12.2. The van der Waals surface area contributed by atoms with E-state index in [9.17, 15) is 9.59 Å². The summed E-state index contributed by atoms with van der Waals surface area (Å²) in [7, 11) is 0. The van der Waals surface area contributed by atoms with Crippen molar-refractivity contribution in [3.63, 3.8) is 0 Å². The van der Waals surface area contributed by atoms with Crippen molar-refractivity contribution in [2.45, 2.75) is 13.3 Å². The van der Waals surface area contributed by atoms with Crippen LogP contribution in [0.4, 0.5) is 5.69 Å². The summed E-state index contributed by atoms with van der Waals surface area (Å²) >= 11 is 4.54. The highest BCUT2D eigenvalue weighted by Gasteiger charge is 2.08. The minimum atomic E-state index is -0.517. The fourth-order valence-electron chi connectivity index (χ4n) is 2.65. The fourth-order valence-corrected chi connectivity index (χ4v) is 2.75. The Morgan fingerprint density at radius 2 is 1.52 bits per heavy atom. The van der Waals surface area contributed by atoms with Crippen molar-refractivity contribution in [3.8, 4) is 11.5 Å². The maximum atomic E-state index is 12.2. The van der Waals surface area contributed by atoms with Gasteiger partial charge in [-0.2, -0.15) is 4.99 Å². The molecule has 0 fully saturated rings. The van der Waals surface area contributed by atoms with Gasteiger partial charge in [0, 0.05) is 6.08 Å². The molecule has 0 amide bonds. The van der Waals surface area contributed by atoms with Gasteiger partial charge in [-0.1, -0.05) is 31.2 Å². The lowest BCUT2D eigenvalue weighted by Gasteiger charge is -2.05. The van der Waals surface area contributed by atoms with Gasteiger partial charge in [-0.15, -0.1) is 0 Å². The first-order chi connectivity index (χ1) is 15.1. The van der Waals surface area contributed by atoms with E-state index in [0.717, 1.165) is 17.5 Å². The minimum absolute atomic E-state index is 0.396. The molecule has 0 spiro atoms. The highest BCUT2D eigenvalue weighted by Crippen LogP contribution is 2.19. The van der Waals surface area contributed by atoms with Crippen LogP contribution in [-0.2, 0) is 11.2 Å². The zero-order chi connectivity index (χ0) is 22.1. The molecular weight excluding hydrogens is 410 g/mol. The number of nitrogens with zero attached hydrogens (tertiary/aromatic N) is 1. The number of aryl methyl sites for hydroxylation is 1. The molecular formula is C25H19NO4S. The topological polar surface area (TPSA) is 65.0 Å². The van der Waals surface area contributed by atoms with Gasteiger partial charge in [-0.25, -0.2) is 9.59 Å². The van der Waals surface area contributed by atoms with E-state index >= 15 is 0 Å². The Balaban J connectivity index is 1.55. The second-order valence-electron chi connectivity index (χ2n) is 6.46. The highest BCUT2D eigenvalue weighted by atomic mass is 32.1. The third-order valence-corrected chi connectivity index (χ3v) is 4.42. The van der Waals surface area contributed by atoms with E-state index in [0.29, 0.717) is 22.7 Å². The first-order valence-corrected chi connectivity index (χ1v) is 9.97. The number of aliphatic imine (C=N–C) groups is 1. The molecule has 0 saturated carbocycles. The standard InChI is InChI=1S/C25H19NO4S/c1-2-18-3-8-20(9-4-18)25(28)30-23-12-5-19(6-13-23)7-16-24(27)29-22-14-10-21(11-15-22)26-17-31/h3-16H,2H2,1H3/b16-7+. The zero-order valence-electron chi connectivity index (χ0n) is 16.8. The van der Waals surface area contributed by atoms with Gasteiger partial charge in [0.2, 0.25) is 0 Å². The lowest BCUT2D eigenvalue weighted by molar-refractivity contribution is -0.128. The molecule has 0 unspecified atom stereocenters. The summed E-state index contributed by atoms with van der Waals surface area (Å²) in [4.78, 5) is 28.0. The number of hydrogen-bond donors (Lipinski definition) is 0. The number of hydrogen-bond acceptors (Lipinski definition) is 6. The summed E-state index contributed by atoms with van der Waals surface area (Å²) in [5.74, 6) is -0.121. The molecule has 3 aromatic carbocycles. The molecule has 0 N–H and O–H groups in total. The Bertz CT molecular complexity index is 1130. The van der Waals surface area contributed by atoms with Gasteiger partial charge >= 0.3 is 11.9 Å². The Hall–Kier alpha value is -3.86. The molecule has 0 heterocycles. The Morgan fingerprint density at radius 1 is 0.903 bits per heavy atom. The van der Waals surface area contributed by atoms with Crippen molar-refractivity contribution >= 4 is 41.1 Å². The molecule has 0 saturated heterocycles. The number of esters is 2. The molecule has 0 radical (unpaired) electrons. The predicted octanol–water partition coefficient (Wildman–Crippen LogP) is 5.82. The summed E-state index contributed by atoms with van der Waals surface area (Å²) in [5, 5.41) is 2.27. The molecule has 0 atom stereocenters. The molecule has 0 aliphatic rings. The normalized spacial score (nSPS) is 10.4. The summed E-state index contributed by atoms with van der Waals surface area (Å²) < 4.78 is 10.6. The van der Waals surface area contributed by atoms with Crippen molar-refractivity contribution in [2.24, 2.45) is 4.99 Å². The summed E-state index contributed by atoms with van der Waals surface area (Å²) in [6.45, 7) is 2.05. The zero-order valence-corrected chi connectivity index (χ0v) is 17.6. The van der Waals surface area contributed by atoms with E-state index in [-0.39, 0.29) is 0 Å². The third-order valence-electron chi connectivity index (χ3n) is 4.33. The van der Waals surface area contributed by atoms with Crippen LogP contribution in [0.2, 0.25) is 0 Å². The summed E-state index contributed by atoms with van der Waals surface area (Å²) in [5.41, 5.74) is 3.04. The van der Waals surface area contributed by atoms with E-state index in [1.165, 1.54) is 6.08 Å². The third kappa shape index (κ3) is 6.57. The number of isothiocyanates is 1. The Morgan fingerprint density at radius 3 is 2.13 bits per heavy atom. The molecule has 3 aromatic rings. The number of ether oxygens (including phenoxy) is 2. The van der Waals surface area contributed by atoms with Crippen molar-refractivity contribution in [1.29, 1.82) is 0 Å². The van der Waals surface area contributed by atoms with Crippen LogP contribution in [0.15, 0.2) is 83.9 Å². The van der Waals surface area contributed by atoms with Gasteiger partial charge < -0.3 is 9.47 Å². The number of benzene rings is 3. The molecule has 3 rings (SSSR count). The summed E-state index contributed by atoms with van der Waals surface area (Å²) in [6, 6.07) is 20.7. The highest BCUT2D eigenvalue weighted by molar-refractivity contribution is 7.78. The molecule has 0 aromatic heterocycles. The van der Waals surface area contributed by atoms with Gasteiger partial charge in [-0.3, -0.25) is 0 Å². The maximum Gasteiger partial charge on any atom is 0.343 e. The molecule has 31 heavy (non-hydrogen) atoms. The van der Waals surface area contributed by atoms with Gasteiger partial charge in [0.1, 0.15) is 11.5 Å². The first kappa shape index (κ1) is 21.8. The lowest BCUT2D eigenvalue weighted by atomic mass is 10.1. The molecule has 5 nitrogen and oxygen atoms in total. The van der Waals surface area contributed by atoms with E-state index in [2.05, 4.69) is 29.3 Å². The number of thiocarbonyl (C=S) groups is 1. The van der Waals surface area contributed by atoms with Gasteiger partial charge in [0.15, 0.2) is 0 Å². The number of carbonyl (C=O) groups excluding carboxylic acids is 2. The largest absolute Gasteiger partial charge is 0.423 e. The van der Waals surface area contributed by atoms with E-state index < -0.39 is 11.9 Å². The first-order valence-electron chi connectivity index (χ1n) is 9.56. The van der Waals surface area contributed by atoms with Gasteiger partial charge in [0.25, 0.3) is 0 Å². The van der Waals surface area contributed by atoms with E-state index in [4.69, 9.17) is 9.47 Å². The minimum Gasteiger partial charge on any atom is -0.423 e. The van der Waals surface area contributed by atoms with Crippen LogP contribution in [0.1, 0.15) is 28.4 Å². The average Bonchev–Trinajstić information content (AvgIpc) is 2.80. The van der Waals surface area contributed by atoms with Crippen LogP contribution in [0.25, 0.3) is 6.08 Å². The van der Waals surface area contributed by atoms with Crippen LogP contribution in [0.5, 0.6) is 11.5 Å². The van der Waals surface area contributed by atoms with Crippen molar-refractivity contribution in [3.05, 3.63) is 95.6 Å². The number of rotatable bonds is 7.